The third kappa shape index (κ3) is 1.65. The van der Waals surface area contributed by atoms with E-state index in [1.54, 1.807) is 11.4 Å². The van der Waals surface area contributed by atoms with Crippen LogP contribution in [0.1, 0.15) is 17.6 Å². The molecule has 2 aromatic rings. The molecule has 6 heteroatoms. The predicted octanol–water partition coefficient (Wildman–Crippen LogP) is 1.98. The van der Waals surface area contributed by atoms with E-state index in [0.29, 0.717) is 11.5 Å². The molecule has 13 heavy (non-hydrogen) atoms. The smallest absolute Gasteiger partial charge is 0.157 e. The Morgan fingerprint density at radius 3 is 3.00 bits per heavy atom. The normalized spacial score (nSPS) is 13.1. The monoisotopic (exact) mass is 260 g/mol. The summed E-state index contributed by atoms with van der Waals surface area (Å²) in [6.45, 7) is 0. The van der Waals surface area contributed by atoms with Gasteiger partial charge in [0.05, 0.1) is 10.7 Å². The quantitative estimate of drug-likeness (QED) is 0.897. The molecule has 0 aliphatic heterocycles. The van der Waals surface area contributed by atoms with Crippen molar-refractivity contribution in [2.45, 2.75) is 6.10 Å². The minimum Gasteiger partial charge on any atom is -0.465 e. The van der Waals surface area contributed by atoms with Gasteiger partial charge in [-0.1, -0.05) is 4.49 Å². The molecule has 0 saturated carbocycles. The highest BCUT2D eigenvalue weighted by Gasteiger charge is 2.19. The van der Waals surface area contributed by atoms with Gasteiger partial charge in [0.15, 0.2) is 11.9 Å². The third-order valence-corrected chi connectivity index (χ3v) is 2.73. The first-order valence-electron chi connectivity index (χ1n) is 3.47. The zero-order chi connectivity index (χ0) is 9.26. The molecule has 4 nitrogen and oxygen atoms in total. The molecule has 2 rings (SSSR count). The van der Waals surface area contributed by atoms with Gasteiger partial charge in [-0.2, -0.15) is 0 Å². The van der Waals surface area contributed by atoms with Crippen LogP contribution in [-0.2, 0) is 0 Å². The minimum absolute atomic E-state index is 0.452. The Morgan fingerprint density at radius 1 is 1.62 bits per heavy atom. The van der Waals surface area contributed by atoms with Crippen LogP contribution in [0.15, 0.2) is 26.6 Å². The number of hydrogen-bond acceptors (Lipinski definition) is 5. The molecule has 68 valence electrons. The average molecular weight is 261 g/mol. The van der Waals surface area contributed by atoms with Gasteiger partial charge >= 0.3 is 0 Å². The van der Waals surface area contributed by atoms with Crippen LogP contribution in [0.25, 0.3) is 0 Å². The van der Waals surface area contributed by atoms with E-state index >= 15 is 0 Å². The zero-order valence-corrected chi connectivity index (χ0v) is 8.75. The van der Waals surface area contributed by atoms with E-state index in [0.717, 1.165) is 4.47 Å². The second-order valence-electron chi connectivity index (χ2n) is 2.37. The van der Waals surface area contributed by atoms with Gasteiger partial charge in [-0.25, -0.2) is 0 Å². The lowest BCUT2D eigenvalue weighted by Gasteiger charge is -2.02. The highest BCUT2D eigenvalue weighted by Crippen LogP contribution is 2.28. The van der Waals surface area contributed by atoms with Gasteiger partial charge in [0.2, 0.25) is 0 Å². The molecule has 0 saturated heterocycles. The summed E-state index contributed by atoms with van der Waals surface area (Å²) in [5, 5.41) is 15.2. The second-order valence-corrected chi connectivity index (χ2v) is 3.83. The summed E-state index contributed by atoms with van der Waals surface area (Å²) in [7, 11) is 0. The maximum atomic E-state index is 9.73. The predicted molar refractivity (Wildman–Crippen MR) is 50.4 cm³/mol. The van der Waals surface area contributed by atoms with Crippen LogP contribution in [0.3, 0.4) is 0 Å². The molecule has 2 aromatic heterocycles. The summed E-state index contributed by atoms with van der Waals surface area (Å²) in [4.78, 5) is 0. The molecule has 1 unspecified atom stereocenters. The fraction of sp³-hybridized carbons (Fsp3) is 0.143. The first-order chi connectivity index (χ1) is 6.29. The Kier molecular flexibility index (Phi) is 2.43. The lowest BCUT2D eigenvalue weighted by atomic mass is 10.2. The average Bonchev–Trinajstić information content (AvgIpc) is 2.72. The van der Waals surface area contributed by atoms with Crippen molar-refractivity contribution < 1.29 is 9.52 Å². The van der Waals surface area contributed by atoms with Crippen molar-refractivity contribution >= 4 is 27.5 Å². The molecule has 0 fully saturated rings. The fourth-order valence-electron chi connectivity index (χ4n) is 0.926. The lowest BCUT2D eigenvalue weighted by Crippen LogP contribution is -1.99. The Hall–Kier alpha value is -0.720. The number of halogens is 1. The Labute approximate surface area is 86.5 Å². The number of aliphatic hydroxyl groups is 1. The van der Waals surface area contributed by atoms with Gasteiger partial charge in [-0.15, -0.1) is 5.10 Å². The van der Waals surface area contributed by atoms with E-state index in [1.807, 2.05) is 0 Å². The van der Waals surface area contributed by atoms with Crippen LogP contribution in [0.5, 0.6) is 0 Å². The first kappa shape index (κ1) is 8.86. The van der Waals surface area contributed by atoms with Crippen molar-refractivity contribution in [1.82, 2.24) is 9.59 Å². The standard InChI is InChI=1S/C7H5BrN2O2S/c8-4-1-2-12-7(4)6(11)5-3-13-10-9-5/h1-3,6,11H. The molecule has 0 bridgehead atoms. The second kappa shape index (κ2) is 3.57. The number of hydrogen-bond donors (Lipinski definition) is 1. The van der Waals surface area contributed by atoms with Crippen molar-refractivity contribution in [3.63, 3.8) is 0 Å². The highest BCUT2D eigenvalue weighted by molar-refractivity contribution is 9.10. The van der Waals surface area contributed by atoms with Gasteiger partial charge < -0.3 is 9.52 Å². The number of nitrogens with zero attached hydrogens (tertiary/aromatic N) is 2. The Morgan fingerprint density at radius 2 is 2.46 bits per heavy atom. The molecule has 1 N–H and O–H groups in total. The van der Waals surface area contributed by atoms with Gasteiger partial charge in [0, 0.05) is 5.38 Å². The van der Waals surface area contributed by atoms with Crippen molar-refractivity contribution in [1.29, 1.82) is 0 Å². The highest BCUT2D eigenvalue weighted by atomic mass is 79.9. The maximum absolute atomic E-state index is 9.73. The van der Waals surface area contributed by atoms with E-state index < -0.39 is 6.10 Å². The van der Waals surface area contributed by atoms with E-state index in [-0.39, 0.29) is 0 Å². The summed E-state index contributed by atoms with van der Waals surface area (Å²) in [6, 6.07) is 1.72. The SMILES string of the molecule is OC(c1csnn1)c1occc1Br. The third-order valence-electron chi connectivity index (χ3n) is 1.55. The number of aromatic nitrogens is 2. The van der Waals surface area contributed by atoms with Crippen molar-refractivity contribution in [2.24, 2.45) is 0 Å². The topological polar surface area (TPSA) is 59.2 Å². The van der Waals surface area contributed by atoms with Crippen LogP contribution in [0.4, 0.5) is 0 Å². The summed E-state index contributed by atoms with van der Waals surface area (Å²) < 4.78 is 9.48. The van der Waals surface area contributed by atoms with E-state index in [2.05, 4.69) is 25.5 Å². The summed E-state index contributed by atoms with van der Waals surface area (Å²) in [5.74, 6) is 0.452. The summed E-state index contributed by atoms with van der Waals surface area (Å²) in [5.41, 5.74) is 0.501. The largest absolute Gasteiger partial charge is 0.465 e. The van der Waals surface area contributed by atoms with Crippen molar-refractivity contribution in [3.05, 3.63) is 33.6 Å². The Balaban J connectivity index is 2.33. The van der Waals surface area contributed by atoms with E-state index in [4.69, 9.17) is 4.42 Å². The van der Waals surface area contributed by atoms with Gasteiger partial charge in [-0.3, -0.25) is 0 Å². The van der Waals surface area contributed by atoms with E-state index in [1.165, 1.54) is 17.8 Å². The molecular weight excluding hydrogens is 256 g/mol. The van der Waals surface area contributed by atoms with Gasteiger partial charge in [0.1, 0.15) is 5.69 Å². The summed E-state index contributed by atoms with van der Waals surface area (Å²) in [6.07, 6.45) is 0.658. The molecule has 1 atom stereocenters. The molecule has 2 heterocycles. The van der Waals surface area contributed by atoms with Crippen molar-refractivity contribution in [3.8, 4) is 0 Å². The lowest BCUT2D eigenvalue weighted by molar-refractivity contribution is 0.183. The molecule has 0 amide bonds. The van der Waals surface area contributed by atoms with Gasteiger partial charge in [0.25, 0.3) is 0 Å². The van der Waals surface area contributed by atoms with Crippen LogP contribution in [0.2, 0.25) is 0 Å². The molecule has 0 aliphatic carbocycles. The van der Waals surface area contributed by atoms with Crippen LogP contribution in [-0.4, -0.2) is 14.7 Å². The first-order valence-corrected chi connectivity index (χ1v) is 5.10. The zero-order valence-electron chi connectivity index (χ0n) is 6.35. The molecule has 0 aliphatic rings. The van der Waals surface area contributed by atoms with Gasteiger partial charge in [-0.05, 0) is 33.5 Å². The fourth-order valence-corrected chi connectivity index (χ4v) is 1.82. The number of rotatable bonds is 2. The Bertz CT molecular complexity index is 387. The molecular formula is C7H5BrN2O2S. The van der Waals surface area contributed by atoms with Crippen LogP contribution >= 0.6 is 27.5 Å². The summed E-state index contributed by atoms with van der Waals surface area (Å²) >= 11 is 4.45. The van der Waals surface area contributed by atoms with Crippen LogP contribution in [0, 0.1) is 0 Å². The maximum Gasteiger partial charge on any atom is 0.157 e. The molecule has 0 spiro atoms. The van der Waals surface area contributed by atoms with Crippen LogP contribution < -0.4 is 0 Å². The minimum atomic E-state index is -0.844. The number of aliphatic hydroxyl groups excluding tert-OH is 1. The number of furan rings is 1. The molecule has 0 radical (unpaired) electrons. The van der Waals surface area contributed by atoms with E-state index in [9.17, 15) is 5.11 Å². The molecule has 0 aromatic carbocycles. The van der Waals surface area contributed by atoms with Crippen molar-refractivity contribution in [2.75, 3.05) is 0 Å².